The van der Waals surface area contributed by atoms with Crippen LogP contribution in [-0.4, -0.2) is 63.1 Å². The van der Waals surface area contributed by atoms with E-state index in [1.54, 1.807) is 30.3 Å². The van der Waals surface area contributed by atoms with Crippen molar-refractivity contribution < 1.29 is 33.8 Å². The molecule has 2 aliphatic carbocycles. The summed E-state index contributed by atoms with van der Waals surface area (Å²) in [6.45, 7) is 0. The first-order valence-electron chi connectivity index (χ1n) is 12.9. The number of alkyl halides is 3. The zero-order valence-electron chi connectivity index (χ0n) is 22.0. The van der Waals surface area contributed by atoms with Crippen molar-refractivity contribution in [2.45, 2.75) is 28.5 Å². The Labute approximate surface area is 254 Å². The number of amides is 4. The van der Waals surface area contributed by atoms with E-state index in [2.05, 4.69) is 15.9 Å². The van der Waals surface area contributed by atoms with E-state index >= 15 is 0 Å². The number of phenols is 1. The lowest BCUT2D eigenvalue weighted by Crippen LogP contribution is -2.60. The van der Waals surface area contributed by atoms with Crippen molar-refractivity contribution in [2.24, 2.45) is 17.8 Å². The molecule has 0 aromatic heterocycles. The first-order valence-corrected chi connectivity index (χ1v) is 14.8. The van der Waals surface area contributed by atoms with Gasteiger partial charge in [-0.15, -0.1) is 23.2 Å². The minimum atomic E-state index is -2.03. The molecule has 2 aromatic rings. The molecule has 41 heavy (non-hydrogen) atoms. The number of nitrogens with zero attached hydrogens (tertiary/aromatic N) is 2. The van der Waals surface area contributed by atoms with Crippen molar-refractivity contribution in [3.05, 3.63) is 59.7 Å². The fourth-order valence-electron chi connectivity index (χ4n) is 7.11. The number of rotatable bonds is 5. The third-order valence-electron chi connectivity index (χ3n) is 8.85. The van der Waals surface area contributed by atoms with Gasteiger partial charge in [-0.3, -0.25) is 29.0 Å². The Morgan fingerprint density at radius 2 is 1.61 bits per heavy atom. The number of carbonyl (C=O) groups is 4. The molecule has 3 fully saturated rings. The molecule has 6 unspecified atom stereocenters. The lowest BCUT2D eigenvalue weighted by molar-refractivity contribution is -0.138. The molecule has 1 N–H and O–H groups in total. The maximum Gasteiger partial charge on any atom is 0.254 e. The molecule has 4 aliphatic rings. The number of methoxy groups -OCH3 is 2. The van der Waals surface area contributed by atoms with Gasteiger partial charge in [-0.25, -0.2) is 0 Å². The molecule has 12 heteroatoms. The van der Waals surface area contributed by atoms with Crippen LogP contribution in [0.1, 0.15) is 24.3 Å². The molecule has 0 spiro atoms. The highest BCUT2D eigenvalue weighted by Crippen LogP contribution is 2.67. The second kappa shape index (κ2) is 9.74. The van der Waals surface area contributed by atoms with Crippen molar-refractivity contribution in [1.82, 2.24) is 4.90 Å². The Morgan fingerprint density at radius 1 is 0.976 bits per heavy atom. The van der Waals surface area contributed by atoms with E-state index in [1.807, 2.05) is 6.08 Å². The largest absolute Gasteiger partial charge is 0.508 e. The van der Waals surface area contributed by atoms with E-state index in [0.717, 1.165) is 4.90 Å². The maximum absolute atomic E-state index is 14.0. The molecule has 6 rings (SSSR count). The predicted octanol–water partition coefficient (Wildman–Crippen LogP) is 4.33. The van der Waals surface area contributed by atoms with Crippen LogP contribution in [0, 0.1) is 17.8 Å². The van der Waals surface area contributed by atoms with E-state index in [0.29, 0.717) is 16.8 Å². The van der Waals surface area contributed by atoms with Crippen LogP contribution in [-0.2, 0) is 19.2 Å². The van der Waals surface area contributed by atoms with Crippen LogP contribution in [0.25, 0.3) is 0 Å². The number of likely N-dealkylation sites (tertiary alicyclic amines) is 1. The number of allylic oxidation sites excluding steroid dienone is 2. The van der Waals surface area contributed by atoms with Crippen molar-refractivity contribution in [3.8, 4) is 17.2 Å². The number of hydrogen-bond acceptors (Lipinski definition) is 7. The number of hydrogen-bond donors (Lipinski definition) is 1. The number of carbonyl (C=O) groups excluding carboxylic acids is 4. The number of phenolic OH excluding ortho intramolecular Hbond substituents is 1. The third-order valence-corrected chi connectivity index (χ3v) is 10.8. The number of halogens is 3. The average Bonchev–Trinajstić information content (AvgIpc) is 3.31. The van der Waals surface area contributed by atoms with Gasteiger partial charge < -0.3 is 14.6 Å². The Bertz CT molecular complexity index is 1510. The lowest BCUT2D eigenvalue weighted by Gasteiger charge is -2.51. The minimum absolute atomic E-state index is 0.139. The number of aromatic hydroxyl groups is 1. The summed E-state index contributed by atoms with van der Waals surface area (Å²) >= 11 is 17.8. The molecular weight excluding hydrogens is 639 g/mol. The summed E-state index contributed by atoms with van der Waals surface area (Å²) in [4.78, 5) is 53.6. The number of fused-ring (bicyclic) bond motifs is 4. The highest BCUT2D eigenvalue weighted by atomic mass is 79.9. The second-order valence-electron chi connectivity index (χ2n) is 10.6. The number of anilines is 1. The van der Waals surface area contributed by atoms with Crippen LogP contribution in [0.15, 0.2) is 54.1 Å². The second-order valence-corrected chi connectivity index (χ2v) is 12.3. The van der Waals surface area contributed by atoms with Gasteiger partial charge in [0.2, 0.25) is 11.8 Å². The van der Waals surface area contributed by atoms with Gasteiger partial charge in [-0.05, 0) is 30.9 Å². The van der Waals surface area contributed by atoms with Gasteiger partial charge in [0.05, 0.1) is 37.2 Å². The standard InChI is InChI=1S/C29H25BrCl2N2O7/c1-40-19-10-15(35)11-20(41-2)22(19)23-16-8-9-17-21(25(37)34(24(17)36)14-6-4-3-5-7-14)18(16)12-28(31)26(38)33(13-30)27(39)29(23,28)32/h3-8,10-11,17-18,21,23,35H,9,12-13H2,1-2H3. The molecule has 214 valence electrons. The van der Waals surface area contributed by atoms with Gasteiger partial charge in [0, 0.05) is 23.6 Å². The molecule has 9 nitrogen and oxygen atoms in total. The fraction of sp³-hybridized carbons (Fsp3) is 0.379. The SMILES string of the molecule is COc1cc(O)cc(OC)c1C1C2=CCC3C(=O)N(c4ccccc4)C(=O)C3C2CC2(Cl)C(=O)N(CBr)C(=O)C12Cl. The summed E-state index contributed by atoms with van der Waals surface area (Å²) in [5.41, 5.74) is 1.21. The maximum atomic E-state index is 14.0. The van der Waals surface area contributed by atoms with E-state index in [-0.39, 0.29) is 41.5 Å². The monoisotopic (exact) mass is 662 g/mol. The average molecular weight is 664 g/mol. The highest BCUT2D eigenvalue weighted by molar-refractivity contribution is 9.09. The van der Waals surface area contributed by atoms with Crippen LogP contribution in [0.5, 0.6) is 17.2 Å². The molecule has 0 radical (unpaired) electrons. The van der Waals surface area contributed by atoms with Crippen molar-refractivity contribution in [1.29, 1.82) is 0 Å². The zero-order chi connectivity index (χ0) is 29.4. The smallest absolute Gasteiger partial charge is 0.254 e. The zero-order valence-corrected chi connectivity index (χ0v) is 25.1. The molecule has 0 bridgehead atoms. The molecule has 2 heterocycles. The van der Waals surface area contributed by atoms with Crippen LogP contribution in [0.3, 0.4) is 0 Å². The highest BCUT2D eigenvalue weighted by Gasteiger charge is 2.76. The summed E-state index contributed by atoms with van der Waals surface area (Å²) in [5, 5.41) is 10.4. The van der Waals surface area contributed by atoms with Gasteiger partial charge in [0.1, 0.15) is 17.2 Å². The summed E-state index contributed by atoms with van der Waals surface area (Å²) in [5.74, 6) is -5.29. The van der Waals surface area contributed by atoms with Gasteiger partial charge >= 0.3 is 0 Å². The van der Waals surface area contributed by atoms with Crippen LogP contribution in [0.4, 0.5) is 5.69 Å². The van der Waals surface area contributed by atoms with E-state index in [4.69, 9.17) is 32.7 Å². The fourth-order valence-corrected chi connectivity index (χ4v) is 8.52. The minimum Gasteiger partial charge on any atom is -0.508 e. The number of imide groups is 2. The normalized spacial score (nSPS) is 32.5. The Hall–Kier alpha value is -3.08. The van der Waals surface area contributed by atoms with Crippen LogP contribution >= 0.6 is 39.1 Å². The van der Waals surface area contributed by atoms with Gasteiger partial charge in [0.25, 0.3) is 11.8 Å². The first-order chi connectivity index (χ1) is 19.5. The lowest BCUT2D eigenvalue weighted by atomic mass is 9.56. The number of para-hydroxylation sites is 1. The number of ether oxygens (including phenoxy) is 2. The van der Waals surface area contributed by atoms with Crippen LogP contribution < -0.4 is 14.4 Å². The van der Waals surface area contributed by atoms with E-state index in [9.17, 15) is 24.3 Å². The first kappa shape index (κ1) is 28.1. The number of benzene rings is 2. The summed E-state index contributed by atoms with van der Waals surface area (Å²) in [6, 6.07) is 11.4. The summed E-state index contributed by atoms with van der Waals surface area (Å²) in [6.07, 6.45) is 1.91. The van der Waals surface area contributed by atoms with Crippen LogP contribution in [0.2, 0.25) is 0 Å². The molecule has 6 atom stereocenters. The summed E-state index contributed by atoms with van der Waals surface area (Å²) in [7, 11) is 2.78. The quantitative estimate of drug-likeness (QED) is 0.219. The molecule has 1 saturated carbocycles. The predicted molar refractivity (Wildman–Crippen MR) is 153 cm³/mol. The third kappa shape index (κ3) is 3.59. The van der Waals surface area contributed by atoms with Gasteiger partial charge in [-0.1, -0.05) is 45.8 Å². The van der Waals surface area contributed by atoms with E-state index in [1.165, 1.54) is 31.3 Å². The van der Waals surface area contributed by atoms with Crippen molar-refractivity contribution >= 4 is 68.4 Å². The van der Waals surface area contributed by atoms with Crippen molar-refractivity contribution in [2.75, 3.05) is 24.6 Å². The molecule has 2 aromatic carbocycles. The Balaban J connectivity index is 1.59. The molecular formula is C29H25BrCl2N2O7. The Kier molecular flexibility index (Phi) is 6.67. The van der Waals surface area contributed by atoms with Gasteiger partial charge in [-0.2, -0.15) is 0 Å². The topological polar surface area (TPSA) is 113 Å². The molecule has 2 saturated heterocycles. The van der Waals surface area contributed by atoms with Crippen molar-refractivity contribution in [3.63, 3.8) is 0 Å². The van der Waals surface area contributed by atoms with Gasteiger partial charge in [0.15, 0.2) is 9.75 Å². The Morgan fingerprint density at radius 3 is 2.20 bits per heavy atom. The molecule has 2 aliphatic heterocycles. The molecule has 4 amide bonds. The summed E-state index contributed by atoms with van der Waals surface area (Å²) < 4.78 is 11.3. The van der Waals surface area contributed by atoms with E-state index < -0.39 is 51.1 Å².